The summed E-state index contributed by atoms with van der Waals surface area (Å²) in [6.07, 6.45) is -0.140. The van der Waals surface area contributed by atoms with E-state index in [0.29, 0.717) is 6.42 Å². The van der Waals surface area contributed by atoms with Crippen LogP contribution in [0.25, 0.3) is 0 Å². The molecule has 4 N–H and O–H groups in total. The summed E-state index contributed by atoms with van der Waals surface area (Å²) in [6.45, 7) is 1.85. The van der Waals surface area contributed by atoms with Gasteiger partial charge in [-0.3, -0.25) is 0 Å². The van der Waals surface area contributed by atoms with Crippen molar-refractivity contribution in [1.29, 1.82) is 0 Å². The van der Waals surface area contributed by atoms with Crippen LogP contribution in [-0.2, 0) is 16.4 Å². The molecule has 8 heteroatoms. The number of carbonyl (C=O) groups is 1. The summed E-state index contributed by atoms with van der Waals surface area (Å²) in [5, 5.41) is 15.3. The Bertz CT molecular complexity index is 633. The molecule has 2 amide bonds. The largest absolute Gasteiger partial charge is 0.390 e. The molecule has 122 valence electrons. The van der Waals surface area contributed by atoms with Crippen LogP contribution < -0.4 is 15.4 Å². The van der Waals surface area contributed by atoms with Crippen LogP contribution in [-0.4, -0.2) is 44.5 Å². The van der Waals surface area contributed by atoms with E-state index >= 15 is 0 Å². The van der Waals surface area contributed by atoms with E-state index in [9.17, 15) is 18.3 Å². The second-order valence-electron chi connectivity index (χ2n) is 5.15. The first-order valence-corrected chi connectivity index (χ1v) is 8.85. The predicted octanol–water partition coefficient (Wildman–Crippen LogP) is -0.117. The minimum absolute atomic E-state index is 0.00421. The number of rotatable bonds is 6. The van der Waals surface area contributed by atoms with E-state index in [4.69, 9.17) is 0 Å². The van der Waals surface area contributed by atoms with Crippen molar-refractivity contribution in [3.8, 4) is 0 Å². The van der Waals surface area contributed by atoms with Gasteiger partial charge in [0.2, 0.25) is 10.0 Å². The number of aliphatic hydroxyl groups is 1. The molecule has 0 aliphatic heterocycles. The molecule has 2 atom stereocenters. The van der Waals surface area contributed by atoms with Gasteiger partial charge in [-0.1, -0.05) is 24.3 Å². The van der Waals surface area contributed by atoms with Crippen LogP contribution in [0.5, 0.6) is 0 Å². The average molecular weight is 327 g/mol. The number of carbonyl (C=O) groups excluding carboxylic acids is 1. The molecule has 1 aliphatic carbocycles. The van der Waals surface area contributed by atoms with E-state index < -0.39 is 28.2 Å². The zero-order chi connectivity index (χ0) is 16.2. The molecule has 7 nitrogen and oxygen atoms in total. The zero-order valence-corrected chi connectivity index (χ0v) is 13.2. The van der Waals surface area contributed by atoms with Crippen LogP contribution in [0.15, 0.2) is 24.3 Å². The van der Waals surface area contributed by atoms with E-state index in [-0.39, 0.29) is 18.8 Å². The summed E-state index contributed by atoms with van der Waals surface area (Å²) in [6, 6.07) is 6.69. The highest BCUT2D eigenvalue weighted by molar-refractivity contribution is 7.89. The molecule has 0 radical (unpaired) electrons. The van der Waals surface area contributed by atoms with E-state index in [1.54, 1.807) is 6.92 Å². The lowest BCUT2D eigenvalue weighted by Crippen LogP contribution is -2.43. The van der Waals surface area contributed by atoms with Gasteiger partial charge in [0.05, 0.1) is 17.9 Å². The van der Waals surface area contributed by atoms with Crippen LogP contribution in [0.1, 0.15) is 24.1 Å². The molecule has 0 spiro atoms. The summed E-state index contributed by atoms with van der Waals surface area (Å²) in [5.74, 6) is 0.00421. The molecule has 1 aliphatic rings. The van der Waals surface area contributed by atoms with Crippen molar-refractivity contribution >= 4 is 16.1 Å². The van der Waals surface area contributed by atoms with Crippen LogP contribution in [0.4, 0.5) is 4.79 Å². The summed E-state index contributed by atoms with van der Waals surface area (Å²) in [4.78, 5) is 11.8. The van der Waals surface area contributed by atoms with Crippen LogP contribution >= 0.6 is 0 Å². The lowest BCUT2D eigenvalue weighted by atomic mass is 10.1. The minimum Gasteiger partial charge on any atom is -0.390 e. The fourth-order valence-corrected chi connectivity index (χ4v) is 3.04. The molecule has 0 saturated carbocycles. The van der Waals surface area contributed by atoms with Gasteiger partial charge in [-0.2, -0.15) is 0 Å². The van der Waals surface area contributed by atoms with Gasteiger partial charge in [0.25, 0.3) is 0 Å². The van der Waals surface area contributed by atoms with Crippen molar-refractivity contribution in [2.75, 3.05) is 18.8 Å². The highest BCUT2D eigenvalue weighted by Gasteiger charge is 2.31. The second kappa shape index (κ2) is 7.08. The highest BCUT2D eigenvalue weighted by Crippen LogP contribution is 2.30. The van der Waals surface area contributed by atoms with Gasteiger partial charge in [-0.15, -0.1) is 0 Å². The Kier molecular flexibility index (Phi) is 5.38. The molecule has 2 rings (SSSR count). The maximum atomic E-state index is 11.8. The SMILES string of the molecule is CCS(=O)(=O)NCCNC(=O)N[C@H]1c2ccccc2C[C@H]1O. The molecular weight excluding hydrogens is 306 g/mol. The van der Waals surface area contributed by atoms with Gasteiger partial charge in [-0.25, -0.2) is 17.9 Å². The van der Waals surface area contributed by atoms with E-state index in [0.717, 1.165) is 11.1 Å². The number of aliphatic hydroxyl groups excluding tert-OH is 1. The Balaban J connectivity index is 1.81. The molecule has 0 aromatic heterocycles. The maximum Gasteiger partial charge on any atom is 0.315 e. The average Bonchev–Trinajstić information content (AvgIpc) is 2.80. The van der Waals surface area contributed by atoms with Gasteiger partial charge < -0.3 is 15.7 Å². The Morgan fingerprint density at radius 3 is 2.77 bits per heavy atom. The lowest BCUT2D eigenvalue weighted by molar-refractivity contribution is 0.142. The number of hydrogen-bond donors (Lipinski definition) is 4. The van der Waals surface area contributed by atoms with Crippen LogP contribution in [0.3, 0.4) is 0 Å². The number of nitrogens with one attached hydrogen (secondary N) is 3. The third-order valence-electron chi connectivity index (χ3n) is 3.60. The predicted molar refractivity (Wildman–Crippen MR) is 82.9 cm³/mol. The number of sulfonamides is 1. The first-order valence-electron chi connectivity index (χ1n) is 7.20. The third-order valence-corrected chi connectivity index (χ3v) is 5.01. The molecule has 0 fully saturated rings. The molecule has 0 bridgehead atoms. The highest BCUT2D eigenvalue weighted by atomic mass is 32.2. The summed E-state index contributed by atoms with van der Waals surface area (Å²) in [5.41, 5.74) is 1.94. The Morgan fingerprint density at radius 2 is 2.05 bits per heavy atom. The van der Waals surface area contributed by atoms with Crippen molar-refractivity contribution in [1.82, 2.24) is 15.4 Å². The fourth-order valence-electron chi connectivity index (χ4n) is 2.42. The molecule has 1 aromatic carbocycles. The van der Waals surface area contributed by atoms with Crippen molar-refractivity contribution in [2.45, 2.75) is 25.5 Å². The summed E-state index contributed by atoms with van der Waals surface area (Å²) in [7, 11) is -3.25. The van der Waals surface area contributed by atoms with E-state index in [1.165, 1.54) is 0 Å². The van der Waals surface area contributed by atoms with Gasteiger partial charge >= 0.3 is 6.03 Å². The van der Waals surface area contributed by atoms with Crippen LogP contribution in [0, 0.1) is 0 Å². The summed E-state index contributed by atoms with van der Waals surface area (Å²) < 4.78 is 24.8. The Labute approximate surface area is 130 Å². The van der Waals surface area contributed by atoms with E-state index in [2.05, 4.69) is 15.4 Å². The zero-order valence-electron chi connectivity index (χ0n) is 12.4. The van der Waals surface area contributed by atoms with E-state index in [1.807, 2.05) is 24.3 Å². The Morgan fingerprint density at radius 1 is 1.32 bits per heavy atom. The first-order chi connectivity index (χ1) is 10.4. The van der Waals surface area contributed by atoms with Gasteiger partial charge in [0.15, 0.2) is 0 Å². The number of hydrogen-bond acceptors (Lipinski definition) is 4. The first kappa shape index (κ1) is 16.7. The van der Waals surface area contributed by atoms with Gasteiger partial charge in [0.1, 0.15) is 0 Å². The normalized spacial score (nSPS) is 20.5. The van der Waals surface area contributed by atoms with Crippen molar-refractivity contribution in [2.24, 2.45) is 0 Å². The smallest absolute Gasteiger partial charge is 0.315 e. The molecule has 22 heavy (non-hydrogen) atoms. The fraction of sp³-hybridized carbons (Fsp3) is 0.500. The number of urea groups is 1. The second-order valence-corrected chi connectivity index (χ2v) is 7.24. The molecule has 1 aromatic rings. The van der Waals surface area contributed by atoms with Crippen molar-refractivity contribution in [3.05, 3.63) is 35.4 Å². The maximum absolute atomic E-state index is 11.8. The van der Waals surface area contributed by atoms with Crippen molar-refractivity contribution < 1.29 is 18.3 Å². The molecule has 0 saturated heterocycles. The monoisotopic (exact) mass is 327 g/mol. The van der Waals surface area contributed by atoms with Gasteiger partial charge in [-0.05, 0) is 18.1 Å². The topological polar surface area (TPSA) is 108 Å². The molecule has 0 heterocycles. The molecule has 0 unspecified atom stereocenters. The van der Waals surface area contributed by atoms with Gasteiger partial charge in [0, 0.05) is 19.5 Å². The number of amides is 2. The lowest BCUT2D eigenvalue weighted by Gasteiger charge is -2.18. The quantitative estimate of drug-likeness (QED) is 0.547. The summed E-state index contributed by atoms with van der Waals surface area (Å²) >= 11 is 0. The minimum atomic E-state index is -3.25. The van der Waals surface area contributed by atoms with Crippen molar-refractivity contribution in [3.63, 3.8) is 0 Å². The molecular formula is C14H21N3O4S. The number of benzene rings is 1. The third kappa shape index (κ3) is 4.19. The standard InChI is InChI=1S/C14H21N3O4S/c1-2-22(20,21)16-8-7-15-14(19)17-13-11-6-4-3-5-10(11)9-12(13)18/h3-6,12-13,16,18H,2,7-9H2,1H3,(H2,15,17,19)/t12-,13+/m1/s1. The van der Waals surface area contributed by atoms with Crippen LogP contribution in [0.2, 0.25) is 0 Å². The number of fused-ring (bicyclic) bond motifs is 1. The Hall–Kier alpha value is -1.64.